The molecule has 0 aliphatic carbocycles. The van der Waals surface area contributed by atoms with Crippen LogP contribution in [0.1, 0.15) is 12.5 Å². The summed E-state index contributed by atoms with van der Waals surface area (Å²) >= 11 is 0. The van der Waals surface area contributed by atoms with E-state index in [4.69, 9.17) is 5.11 Å². The Bertz CT molecular complexity index is 770. The number of hydrogen-bond acceptors (Lipinski definition) is 7. The fourth-order valence-electron chi connectivity index (χ4n) is 1.77. The predicted molar refractivity (Wildman–Crippen MR) is 89.5 cm³/mol. The number of aliphatic hydroxyl groups excluding tert-OH is 1. The number of phenols is 1. The molecule has 0 radical (unpaired) electrons. The molecule has 0 fully saturated rings. The van der Waals surface area contributed by atoms with E-state index in [1.54, 1.807) is 19.1 Å². The lowest BCUT2D eigenvalue weighted by Gasteiger charge is -2.01. The van der Waals surface area contributed by atoms with Gasteiger partial charge in [0.2, 0.25) is 0 Å². The number of nitro groups is 1. The normalized spacial score (nSPS) is 12.8. The predicted octanol–water partition coefficient (Wildman–Crippen LogP) is 3.52. The molecule has 0 aromatic heterocycles. The molecule has 1 atom stereocenters. The van der Waals surface area contributed by atoms with Crippen LogP contribution < -0.4 is 0 Å². The fraction of sp³-hybridized carbons (Fsp3) is 0.188. The van der Waals surface area contributed by atoms with E-state index in [0.29, 0.717) is 16.9 Å². The van der Waals surface area contributed by atoms with Gasteiger partial charge in [0, 0.05) is 23.9 Å². The molecule has 0 heterocycles. The van der Waals surface area contributed by atoms with Crippen LogP contribution in [-0.2, 0) is 0 Å². The van der Waals surface area contributed by atoms with Crippen LogP contribution in [0.25, 0.3) is 0 Å². The third-order valence-corrected chi connectivity index (χ3v) is 2.95. The number of rotatable bonds is 6. The molecule has 2 aromatic rings. The molecule has 8 nitrogen and oxygen atoms in total. The molecule has 0 aliphatic rings. The van der Waals surface area contributed by atoms with Gasteiger partial charge in [-0.25, -0.2) is 0 Å². The lowest BCUT2D eigenvalue weighted by molar-refractivity contribution is -0.384. The van der Waals surface area contributed by atoms with Crippen molar-refractivity contribution in [1.82, 2.24) is 0 Å². The van der Waals surface area contributed by atoms with Crippen LogP contribution in [0, 0.1) is 10.1 Å². The molecule has 8 heteroatoms. The quantitative estimate of drug-likeness (QED) is 0.364. The number of non-ortho nitro benzene ring substituents is 1. The van der Waals surface area contributed by atoms with E-state index >= 15 is 0 Å². The van der Waals surface area contributed by atoms with E-state index < -0.39 is 11.0 Å². The van der Waals surface area contributed by atoms with Crippen molar-refractivity contribution >= 4 is 23.3 Å². The molecule has 2 N–H and O–H groups in total. The average molecular weight is 328 g/mol. The molecular formula is C16H16N4O4. The molecule has 2 rings (SSSR count). The Morgan fingerprint density at radius 3 is 2.42 bits per heavy atom. The maximum absolute atomic E-state index is 10.6. The van der Waals surface area contributed by atoms with Crippen molar-refractivity contribution in [3.8, 4) is 5.75 Å². The van der Waals surface area contributed by atoms with Crippen molar-refractivity contribution in [2.24, 2.45) is 15.2 Å². The van der Waals surface area contributed by atoms with E-state index in [-0.39, 0.29) is 18.0 Å². The summed E-state index contributed by atoms with van der Waals surface area (Å²) in [5, 5.41) is 37.6. The van der Waals surface area contributed by atoms with E-state index in [1.807, 2.05) is 0 Å². The van der Waals surface area contributed by atoms with Crippen LogP contribution in [0.5, 0.6) is 5.75 Å². The molecule has 2 aromatic carbocycles. The molecule has 0 spiro atoms. The summed E-state index contributed by atoms with van der Waals surface area (Å²) in [5.74, 6) is 0.0404. The fourth-order valence-corrected chi connectivity index (χ4v) is 1.77. The van der Waals surface area contributed by atoms with Gasteiger partial charge in [0.1, 0.15) is 5.75 Å². The number of benzene rings is 2. The molecule has 0 amide bonds. The highest BCUT2D eigenvalue weighted by Gasteiger charge is 2.04. The third kappa shape index (κ3) is 4.96. The first-order chi connectivity index (χ1) is 11.5. The molecule has 124 valence electrons. The summed E-state index contributed by atoms with van der Waals surface area (Å²) in [4.78, 5) is 14.1. The summed E-state index contributed by atoms with van der Waals surface area (Å²) < 4.78 is 0. The van der Waals surface area contributed by atoms with Gasteiger partial charge in [-0.05, 0) is 37.3 Å². The van der Waals surface area contributed by atoms with Crippen LogP contribution in [0.2, 0.25) is 0 Å². The Hall–Kier alpha value is -3.13. The number of aromatic hydroxyl groups is 1. The zero-order valence-corrected chi connectivity index (χ0v) is 12.9. The number of phenolic OH excluding ortho intramolecular Hbond substituents is 1. The Kier molecular flexibility index (Phi) is 5.69. The SMILES string of the molecule is CC(O)CN=Cc1cc(N=Nc2ccc([N+](=O)[O-])cc2)ccc1O. The molecule has 0 saturated heterocycles. The number of azo groups is 1. The van der Waals surface area contributed by atoms with Crippen molar-refractivity contribution in [1.29, 1.82) is 0 Å². The number of nitrogens with zero attached hydrogens (tertiary/aromatic N) is 4. The summed E-state index contributed by atoms with van der Waals surface area (Å²) in [6.45, 7) is 1.85. The topological polar surface area (TPSA) is 121 Å². The minimum absolute atomic E-state index is 0.0183. The number of hydrogen-bond donors (Lipinski definition) is 2. The first-order valence-corrected chi connectivity index (χ1v) is 7.13. The van der Waals surface area contributed by atoms with Crippen molar-refractivity contribution in [2.75, 3.05) is 6.54 Å². The monoisotopic (exact) mass is 328 g/mol. The summed E-state index contributed by atoms with van der Waals surface area (Å²) in [5.41, 5.74) is 1.40. The summed E-state index contributed by atoms with van der Waals surface area (Å²) in [6.07, 6.45) is 0.890. The average Bonchev–Trinajstić information content (AvgIpc) is 2.55. The van der Waals surface area contributed by atoms with E-state index in [0.717, 1.165) is 0 Å². The van der Waals surface area contributed by atoms with Gasteiger partial charge in [-0.1, -0.05) is 0 Å². The van der Waals surface area contributed by atoms with Crippen molar-refractivity contribution in [3.63, 3.8) is 0 Å². The van der Waals surface area contributed by atoms with Gasteiger partial charge in [-0.2, -0.15) is 10.2 Å². The smallest absolute Gasteiger partial charge is 0.269 e. The Morgan fingerprint density at radius 1 is 1.17 bits per heavy atom. The van der Waals surface area contributed by atoms with Gasteiger partial charge in [0.25, 0.3) is 5.69 Å². The minimum atomic E-state index is -0.562. The number of aliphatic imine (C=N–C) groups is 1. The first kappa shape index (κ1) is 17.2. The first-order valence-electron chi connectivity index (χ1n) is 7.13. The highest BCUT2D eigenvalue weighted by molar-refractivity contribution is 5.84. The maximum Gasteiger partial charge on any atom is 0.269 e. The Morgan fingerprint density at radius 2 is 1.79 bits per heavy atom. The maximum atomic E-state index is 10.6. The van der Waals surface area contributed by atoms with E-state index in [1.165, 1.54) is 36.5 Å². The zero-order valence-electron chi connectivity index (χ0n) is 12.9. The highest BCUT2D eigenvalue weighted by atomic mass is 16.6. The van der Waals surface area contributed by atoms with Gasteiger partial charge >= 0.3 is 0 Å². The summed E-state index contributed by atoms with van der Waals surface area (Å²) in [7, 11) is 0. The zero-order chi connectivity index (χ0) is 17.5. The summed E-state index contributed by atoms with van der Waals surface area (Å²) in [6, 6.07) is 10.3. The van der Waals surface area contributed by atoms with Crippen molar-refractivity contribution in [2.45, 2.75) is 13.0 Å². The van der Waals surface area contributed by atoms with Crippen LogP contribution in [0.4, 0.5) is 17.1 Å². The van der Waals surface area contributed by atoms with Crippen LogP contribution in [0.3, 0.4) is 0 Å². The number of aliphatic hydroxyl groups is 1. The van der Waals surface area contributed by atoms with Crippen molar-refractivity contribution in [3.05, 3.63) is 58.1 Å². The van der Waals surface area contributed by atoms with E-state index in [9.17, 15) is 15.2 Å². The van der Waals surface area contributed by atoms with Crippen molar-refractivity contribution < 1.29 is 15.1 Å². The molecule has 24 heavy (non-hydrogen) atoms. The molecular weight excluding hydrogens is 312 g/mol. The van der Waals surface area contributed by atoms with Gasteiger partial charge in [0.05, 0.1) is 28.9 Å². The second-order valence-corrected chi connectivity index (χ2v) is 5.06. The molecule has 0 bridgehead atoms. The molecule has 0 saturated carbocycles. The molecule has 0 aliphatic heterocycles. The van der Waals surface area contributed by atoms with Gasteiger partial charge in [0.15, 0.2) is 0 Å². The standard InChI is InChI=1S/C16H16N4O4/c1-11(21)9-17-10-12-8-14(4-7-16(12)22)19-18-13-2-5-15(6-3-13)20(23)24/h2-8,10-11,21-22H,9H2,1H3. The Balaban J connectivity index is 2.14. The third-order valence-electron chi connectivity index (χ3n) is 2.95. The van der Waals surface area contributed by atoms with Crippen LogP contribution in [-0.4, -0.2) is 34.0 Å². The molecule has 1 unspecified atom stereocenters. The highest BCUT2D eigenvalue weighted by Crippen LogP contribution is 2.25. The van der Waals surface area contributed by atoms with E-state index in [2.05, 4.69) is 15.2 Å². The largest absolute Gasteiger partial charge is 0.507 e. The van der Waals surface area contributed by atoms with Gasteiger partial charge in [-0.15, -0.1) is 0 Å². The second-order valence-electron chi connectivity index (χ2n) is 5.06. The minimum Gasteiger partial charge on any atom is -0.507 e. The Labute approximate surface area is 138 Å². The lowest BCUT2D eigenvalue weighted by Crippen LogP contribution is -2.03. The van der Waals surface area contributed by atoms with Crippen LogP contribution >= 0.6 is 0 Å². The lowest BCUT2D eigenvalue weighted by atomic mass is 10.2. The van der Waals surface area contributed by atoms with Crippen LogP contribution in [0.15, 0.2) is 57.7 Å². The van der Waals surface area contributed by atoms with Gasteiger partial charge in [-0.3, -0.25) is 15.1 Å². The second kappa shape index (κ2) is 7.93. The number of nitro benzene ring substituents is 1. The van der Waals surface area contributed by atoms with Gasteiger partial charge < -0.3 is 10.2 Å².